The number of alkyl halides is 3. The number of halogens is 3. The Kier molecular flexibility index (Phi) is 7.71. The van der Waals surface area contributed by atoms with Crippen molar-refractivity contribution in [1.82, 2.24) is 5.32 Å². The van der Waals surface area contributed by atoms with Crippen LogP contribution in [0.1, 0.15) is 63.9 Å². The summed E-state index contributed by atoms with van der Waals surface area (Å²) < 4.78 is 40.7. The van der Waals surface area contributed by atoms with Crippen molar-refractivity contribution < 1.29 is 33.0 Å². The molecular formula is C30H30F3N3O4. The first-order valence-electron chi connectivity index (χ1n) is 13.3. The van der Waals surface area contributed by atoms with Gasteiger partial charge < -0.3 is 26.2 Å². The summed E-state index contributed by atoms with van der Waals surface area (Å²) in [7, 11) is 0. The highest BCUT2D eigenvalue weighted by molar-refractivity contribution is 5.98. The molecule has 0 saturated heterocycles. The van der Waals surface area contributed by atoms with E-state index in [0.717, 1.165) is 37.0 Å². The first kappa shape index (κ1) is 27.5. The molecule has 0 heterocycles. The van der Waals surface area contributed by atoms with Gasteiger partial charge in [0.05, 0.1) is 39.4 Å². The maximum atomic E-state index is 13.6. The Hall–Kier alpha value is -4.05. The number of hydrogen-bond acceptors (Lipinski definition) is 5. The molecule has 0 amide bonds. The van der Waals surface area contributed by atoms with Crippen LogP contribution in [-0.2, 0) is 12.6 Å². The molecule has 3 aromatic rings. The third-order valence-electron chi connectivity index (χ3n) is 7.20. The normalized spacial score (nSPS) is 15.9. The molecule has 2 aliphatic carbocycles. The molecule has 1 unspecified atom stereocenters. The largest absolute Gasteiger partial charge is 0.478 e. The summed E-state index contributed by atoms with van der Waals surface area (Å²) in [4.78, 5) is 23.9. The van der Waals surface area contributed by atoms with Crippen molar-refractivity contribution in [3.05, 3.63) is 82.9 Å². The fourth-order valence-corrected chi connectivity index (χ4v) is 4.84. The summed E-state index contributed by atoms with van der Waals surface area (Å²) >= 11 is 0. The second-order valence-electron chi connectivity index (χ2n) is 10.6. The second-order valence-corrected chi connectivity index (χ2v) is 10.6. The molecule has 210 valence electrons. The minimum Gasteiger partial charge on any atom is -0.478 e. The minimum atomic E-state index is -4.64. The summed E-state index contributed by atoms with van der Waals surface area (Å²) in [5, 5.41) is 28.9. The number of rotatable bonds is 12. The molecule has 2 saturated carbocycles. The predicted molar refractivity (Wildman–Crippen MR) is 146 cm³/mol. The van der Waals surface area contributed by atoms with Crippen LogP contribution in [-0.4, -0.2) is 34.2 Å². The van der Waals surface area contributed by atoms with Gasteiger partial charge in [-0.25, -0.2) is 9.59 Å². The van der Waals surface area contributed by atoms with E-state index in [0.29, 0.717) is 18.4 Å². The van der Waals surface area contributed by atoms with Crippen LogP contribution in [0.4, 0.5) is 35.9 Å². The molecule has 0 bridgehead atoms. The summed E-state index contributed by atoms with van der Waals surface area (Å²) in [6.07, 6.45) is 1.79. The highest BCUT2D eigenvalue weighted by Gasteiger charge is 2.32. The van der Waals surface area contributed by atoms with Crippen LogP contribution in [0.5, 0.6) is 0 Å². The summed E-state index contributed by atoms with van der Waals surface area (Å²) in [6.45, 7) is 0. The fraction of sp³-hybridized carbons (Fsp3) is 0.333. The molecule has 0 aromatic heterocycles. The molecule has 0 aliphatic heterocycles. The van der Waals surface area contributed by atoms with E-state index in [9.17, 15) is 33.0 Å². The van der Waals surface area contributed by atoms with E-state index < -0.39 is 23.7 Å². The Bertz CT molecular complexity index is 1400. The highest BCUT2D eigenvalue weighted by atomic mass is 19.4. The zero-order valence-electron chi connectivity index (χ0n) is 21.6. The van der Waals surface area contributed by atoms with E-state index in [1.165, 1.54) is 37.1 Å². The van der Waals surface area contributed by atoms with Gasteiger partial charge in [-0.2, -0.15) is 13.2 Å². The number of hydrogen-bond donors (Lipinski definition) is 5. The van der Waals surface area contributed by atoms with E-state index in [4.69, 9.17) is 0 Å². The number of carboxylic acid groups (broad SMARTS) is 2. The number of carboxylic acids is 2. The average Bonchev–Trinajstić information content (AvgIpc) is 3.83. The molecule has 2 fully saturated rings. The molecule has 1 atom stereocenters. The third kappa shape index (κ3) is 6.93. The first-order valence-corrected chi connectivity index (χ1v) is 13.3. The van der Waals surface area contributed by atoms with E-state index in [1.807, 2.05) is 0 Å². The zero-order chi connectivity index (χ0) is 28.4. The molecule has 0 spiro atoms. The Morgan fingerprint density at radius 2 is 1.45 bits per heavy atom. The summed E-state index contributed by atoms with van der Waals surface area (Å²) in [6, 6.07) is 14.6. The maximum absolute atomic E-state index is 13.6. The lowest BCUT2D eigenvalue weighted by Crippen LogP contribution is -2.33. The van der Waals surface area contributed by atoms with Gasteiger partial charge in [0.15, 0.2) is 0 Å². The van der Waals surface area contributed by atoms with Crippen LogP contribution in [0.3, 0.4) is 0 Å². The van der Waals surface area contributed by atoms with Gasteiger partial charge in [-0.05, 0) is 79.6 Å². The molecule has 3 aromatic carbocycles. The topological polar surface area (TPSA) is 111 Å². The van der Waals surface area contributed by atoms with Crippen molar-refractivity contribution in [3.63, 3.8) is 0 Å². The number of nitrogens with one attached hydrogen (secondary N) is 3. The van der Waals surface area contributed by atoms with E-state index in [-0.39, 0.29) is 39.9 Å². The molecule has 0 radical (unpaired) electrons. The summed E-state index contributed by atoms with van der Waals surface area (Å²) in [5.74, 6) is -1.71. The quantitative estimate of drug-likeness (QED) is 0.163. The highest BCUT2D eigenvalue weighted by Crippen LogP contribution is 2.38. The molecule has 7 nitrogen and oxygen atoms in total. The monoisotopic (exact) mass is 553 g/mol. The van der Waals surface area contributed by atoms with Crippen molar-refractivity contribution in [1.29, 1.82) is 0 Å². The van der Waals surface area contributed by atoms with Gasteiger partial charge >= 0.3 is 18.1 Å². The number of carbonyl (C=O) groups is 2. The maximum Gasteiger partial charge on any atom is 0.416 e. The van der Waals surface area contributed by atoms with Crippen LogP contribution in [0.15, 0.2) is 60.7 Å². The van der Waals surface area contributed by atoms with E-state index >= 15 is 0 Å². The number of benzene rings is 3. The van der Waals surface area contributed by atoms with Crippen molar-refractivity contribution in [2.24, 2.45) is 5.92 Å². The molecule has 2 aliphatic rings. The Labute approximate surface area is 229 Å². The zero-order valence-corrected chi connectivity index (χ0v) is 21.6. The van der Waals surface area contributed by atoms with Gasteiger partial charge in [0, 0.05) is 12.1 Å². The van der Waals surface area contributed by atoms with Gasteiger partial charge in [0.1, 0.15) is 0 Å². The van der Waals surface area contributed by atoms with Gasteiger partial charge in [-0.1, -0.05) is 31.0 Å². The first-order chi connectivity index (χ1) is 19.1. The lowest BCUT2D eigenvalue weighted by molar-refractivity contribution is -0.137. The Balaban J connectivity index is 1.45. The van der Waals surface area contributed by atoms with Crippen molar-refractivity contribution in [2.75, 3.05) is 10.6 Å². The van der Waals surface area contributed by atoms with Crippen molar-refractivity contribution in [2.45, 2.75) is 56.8 Å². The fourth-order valence-electron chi connectivity index (χ4n) is 4.84. The van der Waals surface area contributed by atoms with E-state index in [1.54, 1.807) is 24.3 Å². The predicted octanol–water partition coefficient (Wildman–Crippen LogP) is 7.05. The van der Waals surface area contributed by atoms with Crippen LogP contribution >= 0.6 is 0 Å². The van der Waals surface area contributed by atoms with Gasteiger partial charge in [0.25, 0.3) is 0 Å². The smallest absolute Gasteiger partial charge is 0.416 e. The Morgan fingerprint density at radius 3 is 2.10 bits per heavy atom. The molecule has 10 heteroatoms. The van der Waals surface area contributed by atoms with Crippen LogP contribution in [0.25, 0.3) is 0 Å². The molecule has 40 heavy (non-hydrogen) atoms. The standard InChI is InChI=1S/C30H30F3N3O4/c31-30(32,33)19-8-12-26(35-24-4-2-1-3-22(24)28(37)38)27(16-19)36-25-11-7-18(15-23(25)29(39)40)14-21(13-17-5-6-17)34-20-9-10-20/h1-4,7-8,11-12,15-17,20-21,34-36H,5-6,9-10,13-14H2,(H,37,38)(H,39,40). The van der Waals surface area contributed by atoms with Crippen molar-refractivity contribution in [3.8, 4) is 0 Å². The van der Waals surface area contributed by atoms with Crippen LogP contribution in [0, 0.1) is 5.92 Å². The van der Waals surface area contributed by atoms with Gasteiger partial charge in [0.2, 0.25) is 0 Å². The average molecular weight is 554 g/mol. The van der Waals surface area contributed by atoms with Gasteiger partial charge in [-0.15, -0.1) is 0 Å². The van der Waals surface area contributed by atoms with Crippen LogP contribution < -0.4 is 16.0 Å². The van der Waals surface area contributed by atoms with E-state index in [2.05, 4.69) is 16.0 Å². The molecule has 5 N–H and O–H groups in total. The van der Waals surface area contributed by atoms with Crippen molar-refractivity contribution >= 4 is 34.7 Å². The third-order valence-corrected chi connectivity index (χ3v) is 7.20. The number of aromatic carboxylic acids is 2. The lowest BCUT2D eigenvalue weighted by atomic mass is 9.98. The lowest BCUT2D eigenvalue weighted by Gasteiger charge is -2.21. The minimum absolute atomic E-state index is 0.0488. The van der Waals surface area contributed by atoms with Gasteiger partial charge in [-0.3, -0.25) is 0 Å². The van der Waals surface area contributed by atoms with Crippen LogP contribution in [0.2, 0.25) is 0 Å². The second kappa shape index (κ2) is 11.2. The molecular weight excluding hydrogens is 523 g/mol. The molecule has 5 rings (SSSR count). The SMILES string of the molecule is O=C(O)c1ccccc1Nc1ccc(C(F)(F)F)cc1Nc1ccc(CC(CC2CC2)NC2CC2)cc1C(=O)O. The number of para-hydroxylation sites is 1. The summed E-state index contributed by atoms with van der Waals surface area (Å²) in [5.41, 5.74) is 0.171. The number of anilines is 4. The Morgan fingerprint density at radius 1 is 0.800 bits per heavy atom.